The van der Waals surface area contributed by atoms with E-state index in [9.17, 15) is 4.79 Å². The number of nitrogens with zero attached hydrogens (tertiary/aromatic N) is 1. The summed E-state index contributed by atoms with van der Waals surface area (Å²) in [6.07, 6.45) is 0. The van der Waals surface area contributed by atoms with Gasteiger partial charge in [0.1, 0.15) is 12.3 Å². The quantitative estimate of drug-likeness (QED) is 0.646. The van der Waals surface area contributed by atoms with Crippen molar-refractivity contribution in [2.45, 2.75) is 6.54 Å². The standard InChI is InChI=1S/C12H17NO3.ClH/c1-13(2,9-12(14)15)8-10-5-4-6-11(7-10)16-3;/h4-7H,8-9H2,1-3H3;1H. The monoisotopic (exact) mass is 259 g/mol. The summed E-state index contributed by atoms with van der Waals surface area (Å²) in [5, 5.41) is 8.79. The van der Waals surface area contributed by atoms with Crippen LogP contribution in [0.4, 0.5) is 0 Å². The van der Waals surface area contributed by atoms with Gasteiger partial charge in [-0.05, 0) is 12.1 Å². The fourth-order valence-corrected chi connectivity index (χ4v) is 1.69. The van der Waals surface area contributed by atoms with E-state index in [1.807, 2.05) is 38.4 Å². The van der Waals surface area contributed by atoms with Crippen molar-refractivity contribution >= 4 is 5.97 Å². The number of carboxylic acids is 1. The molecule has 0 aromatic heterocycles. The zero-order valence-corrected chi connectivity index (χ0v) is 11.1. The summed E-state index contributed by atoms with van der Waals surface area (Å²) in [6.45, 7) is 0.778. The largest absolute Gasteiger partial charge is 1.00 e. The van der Waals surface area contributed by atoms with Gasteiger partial charge in [0.2, 0.25) is 0 Å². The van der Waals surface area contributed by atoms with E-state index in [1.54, 1.807) is 7.11 Å². The molecule has 4 nitrogen and oxygen atoms in total. The van der Waals surface area contributed by atoms with Crippen LogP contribution in [0, 0.1) is 0 Å². The summed E-state index contributed by atoms with van der Waals surface area (Å²) in [7, 11) is 5.41. The molecule has 0 saturated heterocycles. The molecule has 0 unspecified atom stereocenters. The van der Waals surface area contributed by atoms with Gasteiger partial charge >= 0.3 is 5.97 Å². The Hall–Kier alpha value is -1.26. The fraction of sp³-hybridized carbons (Fsp3) is 0.417. The number of likely N-dealkylation sites (N-methyl/N-ethyl adjacent to an activating group) is 1. The van der Waals surface area contributed by atoms with Crippen LogP contribution in [0.3, 0.4) is 0 Å². The molecule has 0 radical (unpaired) electrons. The number of hydrogen-bond donors (Lipinski definition) is 1. The van der Waals surface area contributed by atoms with Crippen LogP contribution >= 0.6 is 0 Å². The number of halogens is 1. The number of rotatable bonds is 5. The maximum Gasteiger partial charge on any atom is 0.359 e. The lowest BCUT2D eigenvalue weighted by molar-refractivity contribution is -0.896. The highest BCUT2D eigenvalue weighted by molar-refractivity contribution is 5.67. The third kappa shape index (κ3) is 5.56. The van der Waals surface area contributed by atoms with Crippen molar-refractivity contribution in [2.24, 2.45) is 0 Å². The van der Waals surface area contributed by atoms with Gasteiger partial charge in [0.15, 0.2) is 6.54 Å². The first-order valence-corrected chi connectivity index (χ1v) is 5.10. The van der Waals surface area contributed by atoms with Crippen LogP contribution in [-0.2, 0) is 11.3 Å². The molecule has 0 saturated carbocycles. The Kier molecular flexibility index (Phi) is 5.99. The second-order valence-electron chi connectivity index (χ2n) is 4.50. The molecule has 0 bridgehead atoms. The molecule has 0 heterocycles. The highest BCUT2D eigenvalue weighted by Gasteiger charge is 2.20. The van der Waals surface area contributed by atoms with Gasteiger partial charge < -0.3 is 26.7 Å². The zero-order chi connectivity index (χ0) is 12.2. The molecule has 1 rings (SSSR count). The van der Waals surface area contributed by atoms with Crippen molar-refractivity contribution in [3.8, 4) is 5.75 Å². The van der Waals surface area contributed by atoms with E-state index in [1.165, 1.54) is 0 Å². The SMILES string of the molecule is COc1cccc(C[N+](C)(C)CC(=O)O)c1.[Cl-]. The second kappa shape index (κ2) is 6.47. The van der Waals surface area contributed by atoms with Gasteiger partial charge in [0, 0.05) is 5.56 Å². The Morgan fingerprint density at radius 2 is 2.06 bits per heavy atom. The third-order valence-corrected chi connectivity index (χ3v) is 2.31. The molecule has 0 aliphatic rings. The first kappa shape index (κ1) is 15.7. The molecule has 17 heavy (non-hydrogen) atoms. The van der Waals surface area contributed by atoms with Crippen LogP contribution in [0.1, 0.15) is 5.56 Å². The molecule has 5 heteroatoms. The highest BCUT2D eigenvalue weighted by atomic mass is 35.5. The average Bonchev–Trinajstić information content (AvgIpc) is 2.15. The van der Waals surface area contributed by atoms with Crippen molar-refractivity contribution in [1.82, 2.24) is 0 Å². The van der Waals surface area contributed by atoms with Crippen molar-refractivity contribution in [3.05, 3.63) is 29.8 Å². The predicted octanol–water partition coefficient (Wildman–Crippen LogP) is -1.64. The molecule has 1 aromatic rings. The van der Waals surface area contributed by atoms with Gasteiger partial charge in [-0.25, -0.2) is 4.79 Å². The van der Waals surface area contributed by atoms with Gasteiger partial charge in [0.25, 0.3) is 0 Å². The molecular weight excluding hydrogens is 242 g/mol. The summed E-state index contributed by atoms with van der Waals surface area (Å²) in [5.41, 5.74) is 1.07. The minimum Gasteiger partial charge on any atom is -1.00 e. The fourth-order valence-electron chi connectivity index (χ4n) is 1.69. The molecule has 1 N–H and O–H groups in total. The lowest BCUT2D eigenvalue weighted by Crippen LogP contribution is -3.00. The van der Waals surface area contributed by atoms with E-state index < -0.39 is 5.97 Å². The third-order valence-electron chi connectivity index (χ3n) is 2.31. The minimum atomic E-state index is -0.784. The number of aliphatic carboxylic acids is 1. The van der Waals surface area contributed by atoms with Gasteiger partial charge in [-0.2, -0.15) is 0 Å². The highest BCUT2D eigenvalue weighted by Crippen LogP contribution is 2.16. The zero-order valence-electron chi connectivity index (χ0n) is 10.3. The van der Waals surface area contributed by atoms with Crippen molar-refractivity contribution in [1.29, 1.82) is 0 Å². The number of hydrogen-bond acceptors (Lipinski definition) is 2. The predicted molar refractivity (Wildman–Crippen MR) is 61.3 cm³/mol. The average molecular weight is 260 g/mol. The van der Waals surface area contributed by atoms with E-state index in [2.05, 4.69) is 0 Å². The maximum absolute atomic E-state index is 10.7. The molecule has 96 valence electrons. The van der Waals surface area contributed by atoms with E-state index in [4.69, 9.17) is 9.84 Å². The Bertz CT molecular complexity index is 380. The molecule has 0 aliphatic heterocycles. The van der Waals surface area contributed by atoms with Crippen LogP contribution in [0.15, 0.2) is 24.3 Å². The molecule has 1 aromatic carbocycles. The lowest BCUT2D eigenvalue weighted by Gasteiger charge is -2.27. The normalized spacial score (nSPS) is 10.5. The molecular formula is C12H18ClNO3. The number of carboxylic acid groups (broad SMARTS) is 1. The molecule has 0 aliphatic carbocycles. The van der Waals surface area contributed by atoms with Crippen molar-refractivity contribution in [3.63, 3.8) is 0 Å². The van der Waals surface area contributed by atoms with E-state index >= 15 is 0 Å². The first-order valence-electron chi connectivity index (χ1n) is 5.10. The summed E-state index contributed by atoms with van der Waals surface area (Å²) in [6, 6.07) is 7.70. The summed E-state index contributed by atoms with van der Waals surface area (Å²) in [4.78, 5) is 10.7. The van der Waals surface area contributed by atoms with Gasteiger partial charge in [-0.1, -0.05) is 12.1 Å². The minimum absolute atomic E-state index is 0. The van der Waals surface area contributed by atoms with Crippen LogP contribution in [0.2, 0.25) is 0 Å². The smallest absolute Gasteiger partial charge is 0.359 e. The number of quaternary nitrogens is 1. The molecule has 0 spiro atoms. The topological polar surface area (TPSA) is 46.5 Å². The van der Waals surface area contributed by atoms with Crippen LogP contribution in [-0.4, -0.2) is 43.3 Å². The summed E-state index contributed by atoms with van der Waals surface area (Å²) >= 11 is 0. The lowest BCUT2D eigenvalue weighted by atomic mass is 10.2. The Morgan fingerprint density at radius 1 is 1.41 bits per heavy atom. The van der Waals surface area contributed by atoms with Crippen LogP contribution in [0.5, 0.6) is 5.75 Å². The number of carbonyl (C=O) groups is 1. The van der Waals surface area contributed by atoms with Crippen LogP contribution < -0.4 is 17.1 Å². The van der Waals surface area contributed by atoms with Crippen LogP contribution in [0.25, 0.3) is 0 Å². The number of ether oxygens (including phenoxy) is 1. The van der Waals surface area contributed by atoms with E-state index in [0.29, 0.717) is 11.0 Å². The first-order chi connectivity index (χ1) is 7.43. The van der Waals surface area contributed by atoms with E-state index in [-0.39, 0.29) is 19.0 Å². The van der Waals surface area contributed by atoms with Gasteiger partial charge in [-0.15, -0.1) is 0 Å². The Labute approximate surface area is 108 Å². The number of methoxy groups -OCH3 is 1. The van der Waals surface area contributed by atoms with Crippen molar-refractivity contribution < 1.29 is 31.5 Å². The Morgan fingerprint density at radius 3 is 2.59 bits per heavy atom. The molecule has 0 amide bonds. The molecule has 0 fully saturated rings. The maximum atomic E-state index is 10.7. The van der Waals surface area contributed by atoms with E-state index in [0.717, 1.165) is 11.3 Å². The van der Waals surface area contributed by atoms with Gasteiger partial charge in [-0.3, -0.25) is 0 Å². The van der Waals surface area contributed by atoms with Crippen molar-refractivity contribution in [2.75, 3.05) is 27.7 Å². The van der Waals surface area contributed by atoms with Gasteiger partial charge in [0.05, 0.1) is 21.2 Å². The summed E-state index contributed by atoms with van der Waals surface area (Å²) in [5.74, 6) is 0.0146. The Balaban J connectivity index is 0.00000256. The number of benzene rings is 1. The second-order valence-corrected chi connectivity index (χ2v) is 4.50. The summed E-state index contributed by atoms with van der Waals surface area (Å²) < 4.78 is 5.55. The molecule has 0 atom stereocenters.